The highest BCUT2D eigenvalue weighted by Gasteiger charge is 2.26. The molecule has 21 heavy (non-hydrogen) atoms. The lowest BCUT2D eigenvalue weighted by molar-refractivity contribution is -0.122. The second-order valence-electron chi connectivity index (χ2n) is 5.04. The molecule has 1 fully saturated rings. The van der Waals surface area contributed by atoms with Gasteiger partial charge in [0.2, 0.25) is 5.91 Å². The third-order valence-corrected chi connectivity index (χ3v) is 3.22. The maximum absolute atomic E-state index is 13.6. The van der Waals surface area contributed by atoms with E-state index in [2.05, 4.69) is 16.0 Å². The van der Waals surface area contributed by atoms with Crippen LogP contribution in [0.3, 0.4) is 0 Å². The maximum atomic E-state index is 13.6. The van der Waals surface area contributed by atoms with E-state index in [0.717, 1.165) is 25.0 Å². The molecule has 2 rings (SSSR count). The molecule has 7 heteroatoms. The fourth-order valence-electron chi connectivity index (χ4n) is 1.84. The first-order valence-electron chi connectivity index (χ1n) is 6.70. The van der Waals surface area contributed by atoms with E-state index < -0.39 is 23.6 Å². The van der Waals surface area contributed by atoms with Crippen LogP contribution >= 0.6 is 0 Å². The zero-order valence-electron chi connectivity index (χ0n) is 11.8. The van der Waals surface area contributed by atoms with Crippen molar-refractivity contribution in [2.75, 3.05) is 12.4 Å². The number of rotatable bonds is 5. The quantitative estimate of drug-likeness (QED) is 0.769. The average Bonchev–Trinajstić information content (AvgIpc) is 3.22. The Morgan fingerprint density at radius 3 is 2.29 bits per heavy atom. The molecule has 1 aromatic carbocycles. The number of anilines is 1. The second-order valence-corrected chi connectivity index (χ2v) is 5.04. The Kier molecular flexibility index (Phi) is 4.40. The van der Waals surface area contributed by atoms with Crippen LogP contribution in [0.1, 0.15) is 30.1 Å². The third-order valence-electron chi connectivity index (χ3n) is 3.22. The molecule has 1 saturated carbocycles. The lowest BCUT2D eigenvalue weighted by Crippen LogP contribution is -2.45. The summed E-state index contributed by atoms with van der Waals surface area (Å²) in [4.78, 5) is 23.6. The van der Waals surface area contributed by atoms with Gasteiger partial charge in [0.15, 0.2) is 0 Å². The number of benzene rings is 1. The molecule has 0 bridgehead atoms. The highest BCUT2D eigenvalue weighted by atomic mass is 19.1. The lowest BCUT2D eigenvalue weighted by atomic mass is 10.1. The molecule has 0 aliphatic heterocycles. The Hall–Kier alpha value is -2.18. The molecule has 114 valence electrons. The number of nitrogens with one attached hydrogen (secondary N) is 3. The summed E-state index contributed by atoms with van der Waals surface area (Å²) in [7, 11) is 1.38. The number of amides is 2. The summed E-state index contributed by atoms with van der Waals surface area (Å²) in [6.45, 7) is 1.52. The van der Waals surface area contributed by atoms with Crippen LogP contribution in [-0.4, -0.2) is 30.9 Å². The van der Waals surface area contributed by atoms with Crippen molar-refractivity contribution in [2.24, 2.45) is 0 Å². The third kappa shape index (κ3) is 3.68. The average molecular weight is 297 g/mol. The van der Waals surface area contributed by atoms with E-state index >= 15 is 0 Å². The Morgan fingerprint density at radius 1 is 1.24 bits per heavy atom. The second kappa shape index (κ2) is 6.07. The van der Waals surface area contributed by atoms with Crippen LogP contribution in [0.15, 0.2) is 12.1 Å². The van der Waals surface area contributed by atoms with Gasteiger partial charge in [-0.05, 0) is 31.9 Å². The van der Waals surface area contributed by atoms with Gasteiger partial charge in [0.25, 0.3) is 5.91 Å². The number of hydrogen-bond acceptors (Lipinski definition) is 3. The predicted molar refractivity (Wildman–Crippen MR) is 74.0 cm³/mol. The van der Waals surface area contributed by atoms with Crippen molar-refractivity contribution in [1.29, 1.82) is 0 Å². The molecule has 0 heterocycles. The van der Waals surface area contributed by atoms with Crippen LogP contribution in [0.25, 0.3) is 0 Å². The molecular formula is C14H17F2N3O2. The standard InChI is InChI=1S/C14H17F2N3O2/c1-7(13(20)19-9-3-4-9)18-14(21)8-5-10(15)12(17-2)11(16)6-8/h5-7,9,17H,3-4H2,1-2H3,(H,18,21)(H,19,20). The molecule has 0 spiro atoms. The first-order valence-corrected chi connectivity index (χ1v) is 6.70. The fourth-order valence-corrected chi connectivity index (χ4v) is 1.84. The van der Waals surface area contributed by atoms with Crippen LogP contribution in [0.5, 0.6) is 0 Å². The van der Waals surface area contributed by atoms with Crippen molar-refractivity contribution in [3.05, 3.63) is 29.3 Å². The summed E-state index contributed by atoms with van der Waals surface area (Å²) in [6.07, 6.45) is 1.88. The fraction of sp³-hybridized carbons (Fsp3) is 0.429. The molecule has 0 radical (unpaired) electrons. The van der Waals surface area contributed by atoms with Crippen molar-refractivity contribution in [1.82, 2.24) is 10.6 Å². The van der Waals surface area contributed by atoms with Crippen molar-refractivity contribution in [3.63, 3.8) is 0 Å². The highest BCUT2D eigenvalue weighted by molar-refractivity contribution is 5.97. The zero-order valence-corrected chi connectivity index (χ0v) is 11.8. The maximum Gasteiger partial charge on any atom is 0.252 e. The van der Waals surface area contributed by atoms with Crippen molar-refractivity contribution < 1.29 is 18.4 Å². The SMILES string of the molecule is CNc1c(F)cc(C(=O)NC(C)C(=O)NC2CC2)cc1F. The van der Waals surface area contributed by atoms with Gasteiger partial charge in [-0.3, -0.25) is 9.59 Å². The van der Waals surface area contributed by atoms with Crippen LogP contribution in [0.4, 0.5) is 14.5 Å². The summed E-state index contributed by atoms with van der Waals surface area (Å²) < 4.78 is 27.2. The number of halogens is 2. The first-order chi connectivity index (χ1) is 9.92. The summed E-state index contributed by atoms with van der Waals surface area (Å²) in [5.41, 5.74) is -0.471. The molecule has 1 aliphatic rings. The van der Waals surface area contributed by atoms with Gasteiger partial charge in [-0.1, -0.05) is 0 Å². The minimum atomic E-state index is -0.863. The van der Waals surface area contributed by atoms with Crippen molar-refractivity contribution in [2.45, 2.75) is 31.8 Å². The summed E-state index contributed by atoms with van der Waals surface area (Å²) in [5, 5.41) is 7.53. The Morgan fingerprint density at radius 2 is 1.81 bits per heavy atom. The minimum absolute atomic E-state index is 0.171. The van der Waals surface area contributed by atoms with Gasteiger partial charge in [0.05, 0.1) is 0 Å². The van der Waals surface area contributed by atoms with E-state index in [9.17, 15) is 18.4 Å². The van der Waals surface area contributed by atoms with E-state index in [-0.39, 0.29) is 23.2 Å². The van der Waals surface area contributed by atoms with Crippen LogP contribution in [-0.2, 0) is 4.79 Å². The smallest absolute Gasteiger partial charge is 0.252 e. The van der Waals surface area contributed by atoms with Gasteiger partial charge in [0.1, 0.15) is 23.4 Å². The molecule has 0 saturated heterocycles. The normalized spacial score (nSPS) is 15.2. The molecule has 3 N–H and O–H groups in total. The topological polar surface area (TPSA) is 70.2 Å². The molecular weight excluding hydrogens is 280 g/mol. The zero-order chi connectivity index (χ0) is 15.6. The van der Waals surface area contributed by atoms with Crippen molar-refractivity contribution >= 4 is 17.5 Å². The van der Waals surface area contributed by atoms with E-state index in [0.29, 0.717) is 0 Å². The number of hydrogen-bond donors (Lipinski definition) is 3. The minimum Gasteiger partial charge on any atom is -0.383 e. The van der Waals surface area contributed by atoms with Crippen LogP contribution in [0, 0.1) is 11.6 Å². The van der Waals surface area contributed by atoms with Gasteiger partial charge in [-0.2, -0.15) is 0 Å². The van der Waals surface area contributed by atoms with Gasteiger partial charge >= 0.3 is 0 Å². The first kappa shape index (κ1) is 15.2. The molecule has 5 nitrogen and oxygen atoms in total. The van der Waals surface area contributed by atoms with E-state index in [1.807, 2.05) is 0 Å². The van der Waals surface area contributed by atoms with Crippen LogP contribution in [0.2, 0.25) is 0 Å². The van der Waals surface area contributed by atoms with Crippen molar-refractivity contribution in [3.8, 4) is 0 Å². The van der Waals surface area contributed by atoms with Gasteiger partial charge in [-0.25, -0.2) is 8.78 Å². The number of carbonyl (C=O) groups is 2. The molecule has 1 unspecified atom stereocenters. The molecule has 1 aromatic rings. The Bertz CT molecular complexity index is 550. The molecule has 2 amide bonds. The number of carbonyl (C=O) groups excluding carboxylic acids is 2. The summed E-state index contributed by atoms with van der Waals surface area (Å²) in [6, 6.07) is 1.26. The van der Waals surface area contributed by atoms with E-state index in [1.54, 1.807) is 0 Å². The lowest BCUT2D eigenvalue weighted by Gasteiger charge is -2.14. The van der Waals surface area contributed by atoms with E-state index in [4.69, 9.17) is 0 Å². The van der Waals surface area contributed by atoms with Gasteiger partial charge in [0, 0.05) is 18.7 Å². The molecule has 1 atom stereocenters. The van der Waals surface area contributed by atoms with Gasteiger partial charge in [-0.15, -0.1) is 0 Å². The molecule has 0 aromatic heterocycles. The Balaban J connectivity index is 2.04. The Labute approximate surface area is 121 Å². The van der Waals surface area contributed by atoms with E-state index in [1.165, 1.54) is 14.0 Å². The predicted octanol–water partition coefficient (Wildman–Crippen LogP) is 1.40. The van der Waals surface area contributed by atoms with Crippen LogP contribution < -0.4 is 16.0 Å². The highest BCUT2D eigenvalue weighted by Crippen LogP contribution is 2.20. The summed E-state index contributed by atoms with van der Waals surface area (Å²) >= 11 is 0. The van der Waals surface area contributed by atoms with Gasteiger partial charge < -0.3 is 16.0 Å². The summed E-state index contributed by atoms with van der Waals surface area (Å²) in [5.74, 6) is -2.73. The largest absolute Gasteiger partial charge is 0.383 e. The monoisotopic (exact) mass is 297 g/mol. The molecule has 1 aliphatic carbocycles.